The lowest BCUT2D eigenvalue weighted by molar-refractivity contribution is 0.122. The predicted molar refractivity (Wildman–Crippen MR) is 87.7 cm³/mol. The fraction of sp³-hybridized carbons (Fsp3) is 0.667. The van der Waals surface area contributed by atoms with Crippen molar-refractivity contribution < 1.29 is 4.74 Å². The first-order valence-corrected chi connectivity index (χ1v) is 8.48. The number of morpholine rings is 1. The van der Waals surface area contributed by atoms with E-state index in [4.69, 9.17) is 4.74 Å². The Morgan fingerprint density at radius 2 is 1.81 bits per heavy atom. The molecule has 1 aliphatic heterocycles. The lowest BCUT2D eigenvalue weighted by Gasteiger charge is -2.30. The summed E-state index contributed by atoms with van der Waals surface area (Å²) < 4.78 is 5.41. The van der Waals surface area contributed by atoms with Gasteiger partial charge in [0.05, 0.1) is 13.2 Å². The molecule has 1 aromatic rings. The summed E-state index contributed by atoms with van der Waals surface area (Å²) in [5, 5.41) is 3.75. The molecule has 1 aromatic carbocycles. The van der Waals surface area contributed by atoms with Gasteiger partial charge < -0.3 is 15.0 Å². The van der Waals surface area contributed by atoms with Gasteiger partial charge in [-0.2, -0.15) is 0 Å². The summed E-state index contributed by atoms with van der Waals surface area (Å²) in [5.74, 6) is 0.825. The molecule has 3 heteroatoms. The second kappa shape index (κ2) is 7.28. The SMILES string of the molecule is CC1CCCCC1NCc1ccc(N2CCOCC2)cc1. The Morgan fingerprint density at radius 1 is 1.10 bits per heavy atom. The molecule has 3 rings (SSSR count). The number of hydrogen-bond acceptors (Lipinski definition) is 3. The summed E-state index contributed by atoms with van der Waals surface area (Å²) >= 11 is 0. The minimum absolute atomic E-state index is 0.706. The first-order chi connectivity index (χ1) is 10.3. The van der Waals surface area contributed by atoms with Crippen LogP contribution in [-0.2, 0) is 11.3 Å². The summed E-state index contributed by atoms with van der Waals surface area (Å²) in [5.41, 5.74) is 2.72. The van der Waals surface area contributed by atoms with E-state index < -0.39 is 0 Å². The van der Waals surface area contributed by atoms with Crippen LogP contribution in [0.15, 0.2) is 24.3 Å². The molecule has 2 fully saturated rings. The first kappa shape index (κ1) is 14.9. The number of anilines is 1. The van der Waals surface area contributed by atoms with Crippen molar-refractivity contribution in [3.8, 4) is 0 Å². The van der Waals surface area contributed by atoms with Crippen molar-refractivity contribution in [2.24, 2.45) is 5.92 Å². The molecule has 0 spiro atoms. The van der Waals surface area contributed by atoms with Crippen molar-refractivity contribution in [1.29, 1.82) is 0 Å². The zero-order valence-corrected chi connectivity index (χ0v) is 13.2. The second-order valence-electron chi connectivity index (χ2n) is 6.52. The third kappa shape index (κ3) is 3.98. The van der Waals surface area contributed by atoms with Crippen molar-refractivity contribution in [3.63, 3.8) is 0 Å². The van der Waals surface area contributed by atoms with Gasteiger partial charge in [-0.25, -0.2) is 0 Å². The summed E-state index contributed by atoms with van der Waals surface area (Å²) in [6.45, 7) is 7.11. The Bertz CT molecular complexity index is 425. The number of rotatable bonds is 4. The highest BCUT2D eigenvalue weighted by Crippen LogP contribution is 2.24. The molecule has 21 heavy (non-hydrogen) atoms. The fourth-order valence-corrected chi connectivity index (χ4v) is 3.51. The molecule has 1 saturated heterocycles. The van der Waals surface area contributed by atoms with Crippen molar-refractivity contribution in [2.75, 3.05) is 31.2 Å². The maximum Gasteiger partial charge on any atom is 0.0642 e. The van der Waals surface area contributed by atoms with Crippen LogP contribution < -0.4 is 10.2 Å². The Morgan fingerprint density at radius 3 is 2.52 bits per heavy atom. The van der Waals surface area contributed by atoms with E-state index in [0.29, 0.717) is 6.04 Å². The van der Waals surface area contributed by atoms with Gasteiger partial charge in [0.15, 0.2) is 0 Å². The van der Waals surface area contributed by atoms with Crippen LogP contribution in [0.5, 0.6) is 0 Å². The van der Waals surface area contributed by atoms with Gasteiger partial charge in [-0.05, 0) is 36.5 Å². The highest BCUT2D eigenvalue weighted by atomic mass is 16.5. The summed E-state index contributed by atoms with van der Waals surface area (Å²) in [7, 11) is 0. The monoisotopic (exact) mass is 288 g/mol. The Kier molecular flexibility index (Phi) is 5.15. The Hall–Kier alpha value is -1.06. The molecule has 1 heterocycles. The van der Waals surface area contributed by atoms with Gasteiger partial charge in [0.25, 0.3) is 0 Å². The molecule has 1 aliphatic carbocycles. The second-order valence-corrected chi connectivity index (χ2v) is 6.52. The number of hydrogen-bond donors (Lipinski definition) is 1. The standard InChI is InChI=1S/C18H28N2O/c1-15-4-2-3-5-18(15)19-14-16-6-8-17(9-7-16)20-10-12-21-13-11-20/h6-9,15,18-19H,2-5,10-14H2,1H3. The average Bonchev–Trinajstić information content (AvgIpc) is 2.55. The Balaban J connectivity index is 1.52. The first-order valence-electron chi connectivity index (χ1n) is 8.48. The topological polar surface area (TPSA) is 24.5 Å². The summed E-state index contributed by atoms with van der Waals surface area (Å²) in [6, 6.07) is 9.76. The van der Waals surface area contributed by atoms with E-state index in [1.165, 1.54) is 36.9 Å². The molecular formula is C18H28N2O. The number of nitrogens with one attached hydrogen (secondary N) is 1. The van der Waals surface area contributed by atoms with Gasteiger partial charge in [-0.1, -0.05) is 31.9 Å². The van der Waals surface area contributed by atoms with Gasteiger partial charge >= 0.3 is 0 Å². The number of benzene rings is 1. The highest BCUT2D eigenvalue weighted by molar-refractivity contribution is 5.47. The highest BCUT2D eigenvalue weighted by Gasteiger charge is 2.20. The molecule has 116 valence electrons. The molecule has 1 saturated carbocycles. The van der Waals surface area contributed by atoms with Crippen LogP contribution in [0.1, 0.15) is 38.2 Å². The maximum atomic E-state index is 5.41. The molecule has 3 nitrogen and oxygen atoms in total. The largest absolute Gasteiger partial charge is 0.378 e. The molecule has 0 aromatic heterocycles. The van der Waals surface area contributed by atoms with Crippen LogP contribution in [0.2, 0.25) is 0 Å². The molecule has 0 amide bonds. The molecule has 0 radical (unpaired) electrons. The van der Waals surface area contributed by atoms with Crippen LogP contribution in [-0.4, -0.2) is 32.3 Å². The van der Waals surface area contributed by atoms with Gasteiger partial charge in [-0.3, -0.25) is 0 Å². The van der Waals surface area contributed by atoms with Crippen molar-refractivity contribution in [2.45, 2.75) is 45.2 Å². The number of ether oxygens (including phenoxy) is 1. The zero-order valence-electron chi connectivity index (χ0n) is 13.2. The van der Waals surface area contributed by atoms with Crippen molar-refractivity contribution in [1.82, 2.24) is 5.32 Å². The summed E-state index contributed by atoms with van der Waals surface area (Å²) in [4.78, 5) is 2.41. The smallest absolute Gasteiger partial charge is 0.0642 e. The van der Waals surface area contributed by atoms with Gasteiger partial charge in [0.1, 0.15) is 0 Å². The molecule has 2 aliphatic rings. The molecule has 2 unspecified atom stereocenters. The quantitative estimate of drug-likeness (QED) is 0.921. The van der Waals surface area contributed by atoms with Crippen molar-refractivity contribution in [3.05, 3.63) is 29.8 Å². The maximum absolute atomic E-state index is 5.41. The summed E-state index contributed by atoms with van der Waals surface area (Å²) in [6.07, 6.45) is 5.52. The minimum Gasteiger partial charge on any atom is -0.378 e. The molecule has 1 N–H and O–H groups in total. The van der Waals surface area contributed by atoms with E-state index in [2.05, 4.69) is 41.4 Å². The van der Waals surface area contributed by atoms with Crippen LogP contribution >= 0.6 is 0 Å². The van der Waals surface area contributed by atoms with E-state index >= 15 is 0 Å². The Labute approximate surface area is 128 Å². The lowest BCUT2D eigenvalue weighted by atomic mass is 9.86. The van der Waals surface area contributed by atoms with E-state index in [0.717, 1.165) is 38.8 Å². The van der Waals surface area contributed by atoms with Gasteiger partial charge in [-0.15, -0.1) is 0 Å². The zero-order chi connectivity index (χ0) is 14.5. The fourth-order valence-electron chi connectivity index (χ4n) is 3.51. The van der Waals surface area contributed by atoms with Crippen LogP contribution in [0.25, 0.3) is 0 Å². The van der Waals surface area contributed by atoms with E-state index in [9.17, 15) is 0 Å². The van der Waals surface area contributed by atoms with Gasteiger partial charge in [0.2, 0.25) is 0 Å². The normalized spacial score (nSPS) is 26.8. The molecule has 0 bridgehead atoms. The third-order valence-corrected chi connectivity index (χ3v) is 4.99. The molecular weight excluding hydrogens is 260 g/mol. The average molecular weight is 288 g/mol. The lowest BCUT2D eigenvalue weighted by Crippen LogP contribution is -2.37. The van der Waals surface area contributed by atoms with E-state index in [1.807, 2.05) is 0 Å². The predicted octanol–water partition coefficient (Wildman–Crippen LogP) is 3.19. The van der Waals surface area contributed by atoms with Crippen LogP contribution in [0.3, 0.4) is 0 Å². The van der Waals surface area contributed by atoms with Crippen LogP contribution in [0.4, 0.5) is 5.69 Å². The number of nitrogens with zero attached hydrogens (tertiary/aromatic N) is 1. The minimum atomic E-state index is 0.706. The molecule has 2 atom stereocenters. The van der Waals surface area contributed by atoms with Crippen LogP contribution in [0, 0.1) is 5.92 Å². The van der Waals surface area contributed by atoms with E-state index in [-0.39, 0.29) is 0 Å². The third-order valence-electron chi connectivity index (χ3n) is 4.99. The van der Waals surface area contributed by atoms with Crippen molar-refractivity contribution >= 4 is 5.69 Å². The van der Waals surface area contributed by atoms with Gasteiger partial charge in [0, 0.05) is 31.4 Å². The van der Waals surface area contributed by atoms with E-state index in [1.54, 1.807) is 0 Å².